The molecule has 0 aromatic carbocycles. The van der Waals surface area contributed by atoms with Crippen molar-refractivity contribution in [3.05, 3.63) is 36.5 Å². The van der Waals surface area contributed by atoms with Crippen LogP contribution in [-0.4, -0.2) is 36.6 Å². The Bertz CT molecular complexity index is 899. The first-order valence-electron chi connectivity index (χ1n) is 7.82. The van der Waals surface area contributed by atoms with E-state index in [1.54, 1.807) is 17.0 Å². The Morgan fingerprint density at radius 2 is 2.21 bits per heavy atom. The summed E-state index contributed by atoms with van der Waals surface area (Å²) in [5.41, 5.74) is 1.48. The molecular weight excluding hydrogens is 308 g/mol. The third-order valence-electron chi connectivity index (χ3n) is 4.40. The minimum atomic E-state index is -0.335. The van der Waals surface area contributed by atoms with Gasteiger partial charge in [0.15, 0.2) is 5.65 Å². The summed E-state index contributed by atoms with van der Waals surface area (Å²) in [4.78, 5) is 25.8. The molecule has 8 nitrogen and oxygen atoms in total. The van der Waals surface area contributed by atoms with Gasteiger partial charge in [-0.25, -0.2) is 15.0 Å². The molecule has 0 saturated carbocycles. The van der Waals surface area contributed by atoms with Crippen LogP contribution < -0.4 is 5.32 Å². The number of nitrogens with one attached hydrogen (secondary N) is 1. The Balaban J connectivity index is 1.59. The summed E-state index contributed by atoms with van der Waals surface area (Å²) in [7, 11) is 3.73. The highest BCUT2D eigenvalue weighted by atomic mass is 16.5. The van der Waals surface area contributed by atoms with Crippen molar-refractivity contribution in [1.82, 2.24) is 24.1 Å². The Morgan fingerprint density at radius 3 is 2.96 bits per heavy atom. The van der Waals surface area contributed by atoms with Gasteiger partial charge in [0, 0.05) is 39.3 Å². The zero-order valence-electron chi connectivity index (χ0n) is 13.5. The lowest BCUT2D eigenvalue weighted by Gasteiger charge is -2.17. The number of hydrogen-bond acceptors (Lipinski definition) is 5. The van der Waals surface area contributed by atoms with Crippen molar-refractivity contribution >= 4 is 23.0 Å². The van der Waals surface area contributed by atoms with Crippen molar-refractivity contribution < 1.29 is 9.53 Å². The predicted octanol–water partition coefficient (Wildman–Crippen LogP) is 1.42. The molecule has 1 fully saturated rings. The molecule has 3 aromatic heterocycles. The van der Waals surface area contributed by atoms with Gasteiger partial charge in [-0.2, -0.15) is 0 Å². The number of fused-ring (bicyclic) bond motifs is 1. The molecule has 0 aliphatic carbocycles. The van der Waals surface area contributed by atoms with E-state index >= 15 is 0 Å². The molecule has 0 unspecified atom stereocenters. The molecule has 2 atom stereocenters. The van der Waals surface area contributed by atoms with Gasteiger partial charge in [-0.3, -0.25) is 14.7 Å². The van der Waals surface area contributed by atoms with Crippen molar-refractivity contribution in [2.24, 2.45) is 20.0 Å². The molecule has 0 spiro atoms. The summed E-state index contributed by atoms with van der Waals surface area (Å²) in [5.74, 6) is 0.844. The lowest BCUT2D eigenvalue weighted by Crippen LogP contribution is -2.27. The highest BCUT2D eigenvalue weighted by molar-refractivity contribution is 5.93. The second-order valence-corrected chi connectivity index (χ2v) is 5.91. The van der Waals surface area contributed by atoms with E-state index in [-0.39, 0.29) is 17.9 Å². The van der Waals surface area contributed by atoms with E-state index in [2.05, 4.69) is 20.3 Å². The first kappa shape index (κ1) is 14.8. The molecule has 0 bridgehead atoms. The molecule has 1 amide bonds. The SMILES string of the molecule is Cn1ccnc1[C@@H]1OCC[C@H]1C(=O)Nc1nc2cccnc2n1C. The number of imidazole rings is 2. The van der Waals surface area contributed by atoms with Crippen LogP contribution >= 0.6 is 0 Å². The summed E-state index contributed by atoms with van der Waals surface area (Å²) >= 11 is 0. The van der Waals surface area contributed by atoms with Gasteiger partial charge in [0.05, 0.1) is 5.92 Å². The topological polar surface area (TPSA) is 86.9 Å². The van der Waals surface area contributed by atoms with Gasteiger partial charge in [0.1, 0.15) is 17.4 Å². The molecule has 0 radical (unpaired) electrons. The van der Waals surface area contributed by atoms with E-state index in [4.69, 9.17) is 4.74 Å². The highest BCUT2D eigenvalue weighted by Crippen LogP contribution is 2.34. The number of anilines is 1. The number of nitrogens with zero attached hydrogens (tertiary/aromatic N) is 5. The number of amides is 1. The van der Waals surface area contributed by atoms with E-state index in [9.17, 15) is 4.79 Å². The molecule has 24 heavy (non-hydrogen) atoms. The second kappa shape index (κ2) is 5.72. The molecule has 3 aromatic rings. The predicted molar refractivity (Wildman–Crippen MR) is 87.1 cm³/mol. The van der Waals surface area contributed by atoms with E-state index in [0.717, 1.165) is 17.0 Å². The largest absolute Gasteiger partial charge is 0.369 e. The average Bonchev–Trinajstić information content (AvgIpc) is 3.28. The fourth-order valence-electron chi connectivity index (χ4n) is 3.10. The minimum Gasteiger partial charge on any atom is -0.369 e. The fraction of sp³-hybridized carbons (Fsp3) is 0.375. The maximum absolute atomic E-state index is 12.8. The van der Waals surface area contributed by atoms with Crippen molar-refractivity contribution in [3.63, 3.8) is 0 Å². The van der Waals surface area contributed by atoms with Crippen molar-refractivity contribution in [1.29, 1.82) is 0 Å². The highest BCUT2D eigenvalue weighted by Gasteiger charge is 2.38. The standard InChI is InChI=1S/C16H18N6O2/c1-21-8-7-18-14(21)12-10(5-9-24-12)15(23)20-16-19-11-4-3-6-17-13(11)22(16)2/h3-4,6-8,10,12H,5,9H2,1-2H3,(H,19,20,23)/t10-,12-/m1/s1. The minimum absolute atomic E-state index is 0.112. The van der Waals surface area contributed by atoms with E-state index in [1.807, 2.05) is 37.0 Å². The van der Waals surface area contributed by atoms with Gasteiger partial charge >= 0.3 is 0 Å². The fourth-order valence-corrected chi connectivity index (χ4v) is 3.10. The first-order valence-corrected chi connectivity index (χ1v) is 7.82. The molecule has 1 aliphatic heterocycles. The van der Waals surface area contributed by atoms with Crippen LogP contribution in [0.25, 0.3) is 11.2 Å². The quantitative estimate of drug-likeness (QED) is 0.786. The van der Waals surface area contributed by atoms with Gasteiger partial charge < -0.3 is 9.30 Å². The van der Waals surface area contributed by atoms with Gasteiger partial charge in [0.25, 0.3) is 0 Å². The number of carbonyl (C=O) groups is 1. The number of pyridine rings is 1. The van der Waals surface area contributed by atoms with Crippen LogP contribution in [0.2, 0.25) is 0 Å². The molecule has 1 aliphatic rings. The van der Waals surface area contributed by atoms with E-state index in [1.165, 1.54) is 0 Å². The average molecular weight is 326 g/mol. The second-order valence-electron chi connectivity index (χ2n) is 5.91. The monoisotopic (exact) mass is 326 g/mol. The van der Waals surface area contributed by atoms with E-state index < -0.39 is 0 Å². The van der Waals surface area contributed by atoms with E-state index in [0.29, 0.717) is 19.0 Å². The molecular formula is C16H18N6O2. The van der Waals surface area contributed by atoms with Crippen LogP contribution in [-0.2, 0) is 23.6 Å². The Morgan fingerprint density at radius 1 is 1.33 bits per heavy atom. The maximum Gasteiger partial charge on any atom is 0.232 e. The Hall–Kier alpha value is -2.74. The smallest absolute Gasteiger partial charge is 0.232 e. The van der Waals surface area contributed by atoms with Crippen LogP contribution in [0.15, 0.2) is 30.7 Å². The van der Waals surface area contributed by atoms with Crippen molar-refractivity contribution in [2.45, 2.75) is 12.5 Å². The van der Waals surface area contributed by atoms with Gasteiger partial charge in [0.2, 0.25) is 11.9 Å². The number of carbonyl (C=O) groups excluding carboxylic acids is 1. The number of aryl methyl sites for hydroxylation is 2. The lowest BCUT2D eigenvalue weighted by atomic mass is 10.00. The number of aromatic nitrogens is 5. The Kier molecular flexibility index (Phi) is 3.53. The zero-order valence-corrected chi connectivity index (χ0v) is 13.5. The maximum atomic E-state index is 12.8. The first-order chi connectivity index (χ1) is 11.6. The molecule has 1 N–H and O–H groups in total. The van der Waals surface area contributed by atoms with Crippen molar-refractivity contribution in [3.8, 4) is 0 Å². The number of rotatable bonds is 3. The molecule has 8 heteroatoms. The van der Waals surface area contributed by atoms with Gasteiger partial charge in [-0.15, -0.1) is 0 Å². The summed E-state index contributed by atoms with van der Waals surface area (Å²) in [6.45, 7) is 0.541. The van der Waals surface area contributed by atoms with Gasteiger partial charge in [-0.05, 0) is 18.6 Å². The summed E-state index contributed by atoms with van der Waals surface area (Å²) in [6, 6.07) is 3.69. The number of ether oxygens (including phenoxy) is 1. The third kappa shape index (κ3) is 2.35. The van der Waals surface area contributed by atoms with Gasteiger partial charge in [-0.1, -0.05) is 0 Å². The molecule has 124 valence electrons. The zero-order chi connectivity index (χ0) is 16.7. The molecule has 4 rings (SSSR count). The third-order valence-corrected chi connectivity index (χ3v) is 4.40. The summed E-state index contributed by atoms with van der Waals surface area (Å²) in [5, 5.41) is 2.91. The number of hydrogen-bond donors (Lipinski definition) is 1. The van der Waals surface area contributed by atoms with Crippen LogP contribution in [0.4, 0.5) is 5.95 Å². The normalized spacial score (nSPS) is 20.6. The molecule has 1 saturated heterocycles. The summed E-state index contributed by atoms with van der Waals surface area (Å²) < 4.78 is 9.42. The van der Waals surface area contributed by atoms with Crippen LogP contribution in [0.1, 0.15) is 18.3 Å². The van der Waals surface area contributed by atoms with Crippen LogP contribution in [0, 0.1) is 5.92 Å². The van der Waals surface area contributed by atoms with Crippen molar-refractivity contribution in [2.75, 3.05) is 11.9 Å². The summed E-state index contributed by atoms with van der Waals surface area (Å²) in [6.07, 6.45) is 5.59. The Labute approximate surface area is 138 Å². The lowest BCUT2D eigenvalue weighted by molar-refractivity contribution is -0.121. The van der Waals surface area contributed by atoms with Crippen LogP contribution in [0.5, 0.6) is 0 Å². The van der Waals surface area contributed by atoms with Crippen LogP contribution in [0.3, 0.4) is 0 Å². The molecule has 4 heterocycles.